The Balaban J connectivity index is 2.15. The zero-order chi connectivity index (χ0) is 14.6. The lowest BCUT2D eigenvalue weighted by Gasteiger charge is -2.38. The molecule has 1 aliphatic rings. The quantitative estimate of drug-likeness (QED) is 0.589. The summed E-state index contributed by atoms with van der Waals surface area (Å²) in [6.45, 7) is 5.54. The van der Waals surface area contributed by atoms with Crippen LogP contribution in [-0.4, -0.2) is 28.0 Å². The van der Waals surface area contributed by atoms with Gasteiger partial charge in [0.05, 0.1) is 4.92 Å². The van der Waals surface area contributed by atoms with Crippen molar-refractivity contribution >= 4 is 17.3 Å². The standard InChI is InChI=1S/C13H21N5O2/c1-3-7-14-11-10(18(19)20)12(17-9-16-11)15-8-13(2)5-4-6-13/h9H,3-8H2,1-2H3,(H2,14,15,16,17). The van der Waals surface area contributed by atoms with Crippen molar-refractivity contribution in [3.05, 3.63) is 16.4 Å². The third-order valence-corrected chi connectivity index (χ3v) is 3.79. The van der Waals surface area contributed by atoms with E-state index in [1.54, 1.807) is 0 Å². The van der Waals surface area contributed by atoms with E-state index in [1.165, 1.54) is 12.7 Å². The van der Waals surface area contributed by atoms with Gasteiger partial charge < -0.3 is 10.6 Å². The number of nitrogens with one attached hydrogen (secondary N) is 2. The highest BCUT2D eigenvalue weighted by molar-refractivity contribution is 5.69. The van der Waals surface area contributed by atoms with Crippen molar-refractivity contribution in [2.75, 3.05) is 23.7 Å². The minimum atomic E-state index is -0.427. The van der Waals surface area contributed by atoms with Crippen molar-refractivity contribution < 1.29 is 4.92 Å². The van der Waals surface area contributed by atoms with Crippen LogP contribution in [0.3, 0.4) is 0 Å². The van der Waals surface area contributed by atoms with Crippen LogP contribution in [-0.2, 0) is 0 Å². The molecule has 0 unspecified atom stereocenters. The Morgan fingerprint density at radius 3 is 2.50 bits per heavy atom. The molecule has 1 aromatic rings. The van der Waals surface area contributed by atoms with Crippen LogP contribution in [0.5, 0.6) is 0 Å². The molecule has 0 radical (unpaired) electrons. The van der Waals surface area contributed by atoms with Crippen molar-refractivity contribution in [2.45, 2.75) is 39.5 Å². The van der Waals surface area contributed by atoms with Gasteiger partial charge in [-0.3, -0.25) is 10.1 Å². The van der Waals surface area contributed by atoms with Crippen LogP contribution in [0, 0.1) is 15.5 Å². The first-order valence-electron chi connectivity index (χ1n) is 7.03. The highest BCUT2D eigenvalue weighted by Crippen LogP contribution is 2.40. The summed E-state index contributed by atoms with van der Waals surface area (Å²) in [5.41, 5.74) is 0.166. The van der Waals surface area contributed by atoms with Gasteiger partial charge in [0, 0.05) is 13.1 Å². The van der Waals surface area contributed by atoms with Crippen LogP contribution >= 0.6 is 0 Å². The second kappa shape index (κ2) is 6.02. The Kier molecular flexibility index (Phi) is 4.36. The second-order valence-corrected chi connectivity index (χ2v) is 5.62. The van der Waals surface area contributed by atoms with Gasteiger partial charge >= 0.3 is 5.69 Å². The number of nitrogens with zero attached hydrogens (tertiary/aromatic N) is 3. The molecule has 0 amide bonds. The van der Waals surface area contributed by atoms with Crippen LogP contribution in [0.25, 0.3) is 0 Å². The second-order valence-electron chi connectivity index (χ2n) is 5.62. The Labute approximate surface area is 118 Å². The summed E-state index contributed by atoms with van der Waals surface area (Å²) in [4.78, 5) is 18.8. The highest BCUT2D eigenvalue weighted by Gasteiger charge is 2.32. The molecule has 0 bridgehead atoms. The molecule has 2 N–H and O–H groups in total. The largest absolute Gasteiger partial charge is 0.364 e. The Morgan fingerprint density at radius 1 is 1.35 bits per heavy atom. The molecule has 1 saturated carbocycles. The van der Waals surface area contributed by atoms with E-state index < -0.39 is 4.92 Å². The van der Waals surface area contributed by atoms with E-state index in [4.69, 9.17) is 0 Å². The van der Waals surface area contributed by atoms with Gasteiger partial charge in [-0.2, -0.15) is 0 Å². The number of hydrogen-bond acceptors (Lipinski definition) is 6. The number of hydrogen-bond donors (Lipinski definition) is 2. The van der Waals surface area contributed by atoms with Gasteiger partial charge in [-0.05, 0) is 24.7 Å². The fourth-order valence-corrected chi connectivity index (χ4v) is 2.31. The van der Waals surface area contributed by atoms with Crippen molar-refractivity contribution in [2.24, 2.45) is 5.41 Å². The lowest BCUT2D eigenvalue weighted by atomic mass is 9.70. The summed E-state index contributed by atoms with van der Waals surface area (Å²) in [6, 6.07) is 0. The van der Waals surface area contributed by atoms with Gasteiger partial charge in [0.2, 0.25) is 11.6 Å². The molecular formula is C13H21N5O2. The van der Waals surface area contributed by atoms with Crippen molar-refractivity contribution in [3.63, 3.8) is 0 Å². The molecule has 0 atom stereocenters. The van der Waals surface area contributed by atoms with Crippen LogP contribution in [0.1, 0.15) is 39.5 Å². The topological polar surface area (TPSA) is 93.0 Å². The molecule has 1 fully saturated rings. The van der Waals surface area contributed by atoms with E-state index in [9.17, 15) is 10.1 Å². The van der Waals surface area contributed by atoms with Crippen molar-refractivity contribution in [1.82, 2.24) is 9.97 Å². The summed E-state index contributed by atoms with van der Waals surface area (Å²) in [7, 11) is 0. The molecule has 0 aromatic carbocycles. The molecule has 0 spiro atoms. The van der Waals surface area contributed by atoms with E-state index in [0.717, 1.165) is 19.3 Å². The van der Waals surface area contributed by atoms with Crippen LogP contribution < -0.4 is 10.6 Å². The minimum Gasteiger partial charge on any atom is -0.364 e. The average molecular weight is 279 g/mol. The maximum absolute atomic E-state index is 11.3. The summed E-state index contributed by atoms with van der Waals surface area (Å²) in [5.74, 6) is 0.588. The molecule has 7 nitrogen and oxygen atoms in total. The molecule has 20 heavy (non-hydrogen) atoms. The summed E-state index contributed by atoms with van der Waals surface area (Å²) in [6.07, 6.45) is 5.77. The zero-order valence-electron chi connectivity index (χ0n) is 12.0. The molecule has 0 aliphatic heterocycles. The van der Waals surface area contributed by atoms with E-state index in [-0.39, 0.29) is 16.9 Å². The molecular weight excluding hydrogens is 258 g/mol. The maximum Gasteiger partial charge on any atom is 0.353 e. The van der Waals surface area contributed by atoms with E-state index in [2.05, 4.69) is 27.5 Å². The Morgan fingerprint density at radius 2 is 2.00 bits per heavy atom. The van der Waals surface area contributed by atoms with Gasteiger partial charge in [-0.1, -0.05) is 20.3 Å². The average Bonchev–Trinajstić information content (AvgIpc) is 2.40. The monoisotopic (exact) mass is 279 g/mol. The fraction of sp³-hybridized carbons (Fsp3) is 0.692. The first-order valence-corrected chi connectivity index (χ1v) is 7.03. The number of rotatable bonds is 7. The lowest BCUT2D eigenvalue weighted by molar-refractivity contribution is -0.383. The zero-order valence-corrected chi connectivity index (χ0v) is 12.0. The van der Waals surface area contributed by atoms with Crippen LogP contribution in [0.15, 0.2) is 6.33 Å². The van der Waals surface area contributed by atoms with E-state index in [0.29, 0.717) is 18.9 Å². The molecule has 1 aromatic heterocycles. The third-order valence-electron chi connectivity index (χ3n) is 3.79. The molecule has 2 rings (SSSR count). The van der Waals surface area contributed by atoms with Crippen molar-refractivity contribution in [3.8, 4) is 0 Å². The summed E-state index contributed by atoms with van der Waals surface area (Å²) < 4.78 is 0. The fourth-order valence-electron chi connectivity index (χ4n) is 2.31. The number of anilines is 2. The predicted octanol–water partition coefficient (Wildman–Crippen LogP) is 2.81. The van der Waals surface area contributed by atoms with Gasteiger partial charge in [-0.15, -0.1) is 0 Å². The lowest BCUT2D eigenvalue weighted by Crippen LogP contribution is -2.33. The van der Waals surface area contributed by atoms with E-state index in [1.807, 2.05) is 6.92 Å². The Hall–Kier alpha value is -1.92. The van der Waals surface area contributed by atoms with Gasteiger partial charge in [0.25, 0.3) is 0 Å². The molecule has 0 saturated heterocycles. The molecule has 110 valence electrons. The SMILES string of the molecule is CCCNc1ncnc(NCC2(C)CCC2)c1[N+](=O)[O-]. The highest BCUT2D eigenvalue weighted by atomic mass is 16.6. The minimum absolute atomic E-state index is 0.0659. The van der Waals surface area contributed by atoms with Gasteiger partial charge in [0.1, 0.15) is 6.33 Å². The normalized spacial score (nSPS) is 16.3. The Bertz CT molecular complexity index is 488. The first-order chi connectivity index (χ1) is 9.56. The summed E-state index contributed by atoms with van der Waals surface area (Å²) in [5, 5.41) is 17.4. The van der Waals surface area contributed by atoms with Gasteiger partial charge in [-0.25, -0.2) is 9.97 Å². The van der Waals surface area contributed by atoms with Crippen LogP contribution in [0.4, 0.5) is 17.3 Å². The molecule has 1 heterocycles. The molecule has 1 aliphatic carbocycles. The van der Waals surface area contributed by atoms with Crippen LogP contribution in [0.2, 0.25) is 0 Å². The van der Waals surface area contributed by atoms with E-state index >= 15 is 0 Å². The molecule has 7 heteroatoms. The first kappa shape index (κ1) is 14.5. The summed E-state index contributed by atoms with van der Waals surface area (Å²) >= 11 is 0. The predicted molar refractivity (Wildman–Crippen MR) is 77.9 cm³/mol. The van der Waals surface area contributed by atoms with Crippen molar-refractivity contribution in [1.29, 1.82) is 0 Å². The van der Waals surface area contributed by atoms with Gasteiger partial charge in [0.15, 0.2) is 0 Å². The number of aromatic nitrogens is 2. The third kappa shape index (κ3) is 3.15. The smallest absolute Gasteiger partial charge is 0.353 e. The maximum atomic E-state index is 11.3. The number of nitro groups is 1.